The van der Waals surface area contributed by atoms with Gasteiger partial charge in [0, 0.05) is 13.1 Å². The Labute approximate surface area is 84.3 Å². The van der Waals surface area contributed by atoms with Gasteiger partial charge in [-0.15, -0.1) is 0 Å². The van der Waals surface area contributed by atoms with E-state index in [-0.39, 0.29) is 0 Å². The second kappa shape index (κ2) is 22.5. The molecule has 0 spiro atoms. The van der Waals surface area contributed by atoms with Crippen molar-refractivity contribution in [2.45, 2.75) is 54.4 Å². The second-order valence-corrected chi connectivity index (χ2v) is 1.85. The average Bonchev–Trinajstić information content (AvgIpc) is 2.79. The molecular weight excluding hydrogens is 162 g/mol. The summed E-state index contributed by atoms with van der Waals surface area (Å²) in [6, 6.07) is 0. The lowest BCUT2D eigenvalue weighted by Gasteiger charge is -2.03. The van der Waals surface area contributed by atoms with Crippen LogP contribution >= 0.6 is 0 Å². The molecule has 1 saturated heterocycles. The smallest absolute Gasteiger partial charge is 0.209 e. The molecule has 1 aliphatic heterocycles. The zero-order chi connectivity index (χ0) is 11.1. The Bertz CT molecular complexity index is 68.5. The summed E-state index contributed by atoms with van der Waals surface area (Å²) in [7, 11) is 0. The minimum Gasteiger partial charge on any atom is -0.345 e. The van der Waals surface area contributed by atoms with E-state index >= 15 is 0 Å². The molecule has 0 aromatic rings. The average molecular weight is 189 g/mol. The molecule has 82 valence electrons. The molecule has 1 heterocycles. The second-order valence-electron chi connectivity index (χ2n) is 1.85. The summed E-state index contributed by atoms with van der Waals surface area (Å²) >= 11 is 0. The van der Waals surface area contributed by atoms with Gasteiger partial charge in [-0.25, -0.2) is 0 Å². The van der Waals surface area contributed by atoms with Gasteiger partial charge in [-0.3, -0.25) is 4.79 Å². The molecule has 0 N–H and O–H groups in total. The molecule has 13 heavy (non-hydrogen) atoms. The van der Waals surface area contributed by atoms with Crippen molar-refractivity contribution in [1.29, 1.82) is 0 Å². The maximum absolute atomic E-state index is 9.93. The highest BCUT2D eigenvalue weighted by Crippen LogP contribution is 2.02. The highest BCUT2D eigenvalue weighted by Gasteiger charge is 2.06. The normalized spacial score (nSPS) is 12.3. The van der Waals surface area contributed by atoms with Gasteiger partial charge in [0.2, 0.25) is 6.41 Å². The number of carbonyl (C=O) groups is 1. The third kappa shape index (κ3) is 14.3. The Morgan fingerprint density at radius 1 is 0.846 bits per heavy atom. The summed E-state index contributed by atoms with van der Waals surface area (Å²) in [6.07, 6.45) is 3.31. The molecule has 2 heteroatoms. The number of rotatable bonds is 1. The van der Waals surface area contributed by atoms with Crippen LogP contribution in [0.4, 0.5) is 0 Å². The van der Waals surface area contributed by atoms with E-state index in [4.69, 9.17) is 0 Å². The van der Waals surface area contributed by atoms with E-state index in [1.54, 1.807) is 4.90 Å². The van der Waals surface area contributed by atoms with Gasteiger partial charge in [-0.2, -0.15) is 0 Å². The lowest BCUT2D eigenvalue weighted by molar-refractivity contribution is -0.117. The molecule has 0 saturated carbocycles. The SMILES string of the molecule is CC.CC.CC.O=CN1CCCC1. The molecule has 0 atom stereocenters. The Hall–Kier alpha value is -0.530. The number of carbonyl (C=O) groups excluding carboxylic acids is 1. The van der Waals surface area contributed by atoms with Crippen LogP contribution in [0, 0.1) is 0 Å². The topological polar surface area (TPSA) is 20.3 Å². The first-order valence-electron chi connectivity index (χ1n) is 5.63. The summed E-state index contributed by atoms with van der Waals surface area (Å²) in [5.41, 5.74) is 0. The standard InChI is InChI=1S/C5H9NO.3C2H6/c7-5-6-3-1-2-4-6;3*1-2/h5H,1-4H2;3*1-2H3. The van der Waals surface area contributed by atoms with E-state index in [2.05, 4.69) is 0 Å². The summed E-state index contributed by atoms with van der Waals surface area (Å²) in [4.78, 5) is 11.7. The van der Waals surface area contributed by atoms with Crippen molar-refractivity contribution in [3.63, 3.8) is 0 Å². The Morgan fingerprint density at radius 2 is 1.15 bits per heavy atom. The van der Waals surface area contributed by atoms with Crippen LogP contribution in [0.2, 0.25) is 0 Å². The zero-order valence-corrected chi connectivity index (χ0v) is 10.3. The summed E-state index contributed by atoms with van der Waals surface area (Å²) in [5.74, 6) is 0. The predicted octanol–water partition coefficient (Wildman–Crippen LogP) is 3.32. The van der Waals surface area contributed by atoms with Gasteiger partial charge >= 0.3 is 0 Å². The van der Waals surface area contributed by atoms with Gasteiger partial charge in [-0.1, -0.05) is 41.5 Å². The molecule has 1 aliphatic rings. The first kappa shape index (κ1) is 18.3. The van der Waals surface area contributed by atoms with Crippen LogP contribution in [0.5, 0.6) is 0 Å². The van der Waals surface area contributed by atoms with Crippen molar-refractivity contribution in [2.75, 3.05) is 13.1 Å². The molecule has 1 rings (SSSR count). The minimum atomic E-state index is 0.924. The fourth-order valence-electron chi connectivity index (χ4n) is 0.847. The Morgan fingerprint density at radius 3 is 1.31 bits per heavy atom. The van der Waals surface area contributed by atoms with Gasteiger partial charge in [-0.05, 0) is 12.8 Å². The van der Waals surface area contributed by atoms with E-state index in [0.717, 1.165) is 19.5 Å². The van der Waals surface area contributed by atoms with Gasteiger partial charge in [0.15, 0.2) is 0 Å². The van der Waals surface area contributed by atoms with E-state index < -0.39 is 0 Å². The molecule has 0 aliphatic carbocycles. The Kier molecular flexibility index (Phi) is 31.7. The maximum atomic E-state index is 9.93. The quantitative estimate of drug-likeness (QED) is 0.579. The van der Waals surface area contributed by atoms with Crippen LogP contribution in [0.3, 0.4) is 0 Å². The maximum Gasteiger partial charge on any atom is 0.209 e. The predicted molar refractivity (Wildman–Crippen MR) is 60.9 cm³/mol. The Balaban J connectivity index is -0.000000144. The fraction of sp³-hybridized carbons (Fsp3) is 0.909. The summed E-state index contributed by atoms with van der Waals surface area (Å²) in [6.45, 7) is 14.0. The number of hydrogen-bond acceptors (Lipinski definition) is 1. The summed E-state index contributed by atoms with van der Waals surface area (Å²) in [5, 5.41) is 0. The van der Waals surface area contributed by atoms with E-state index in [1.165, 1.54) is 12.8 Å². The van der Waals surface area contributed by atoms with Crippen molar-refractivity contribution in [2.24, 2.45) is 0 Å². The molecule has 1 fully saturated rings. The van der Waals surface area contributed by atoms with Crippen molar-refractivity contribution in [3.05, 3.63) is 0 Å². The monoisotopic (exact) mass is 189 g/mol. The first-order chi connectivity index (χ1) is 6.43. The van der Waals surface area contributed by atoms with Crippen molar-refractivity contribution < 1.29 is 4.79 Å². The number of hydrogen-bond donors (Lipinski definition) is 0. The zero-order valence-electron chi connectivity index (χ0n) is 10.3. The summed E-state index contributed by atoms with van der Waals surface area (Å²) < 4.78 is 0. The van der Waals surface area contributed by atoms with Crippen LogP contribution in [0.25, 0.3) is 0 Å². The van der Waals surface area contributed by atoms with E-state index in [1.807, 2.05) is 41.5 Å². The van der Waals surface area contributed by atoms with Gasteiger partial charge in [0.05, 0.1) is 0 Å². The van der Waals surface area contributed by atoms with Crippen molar-refractivity contribution >= 4 is 6.41 Å². The molecule has 0 unspecified atom stereocenters. The fourth-order valence-corrected chi connectivity index (χ4v) is 0.847. The minimum absolute atomic E-state index is 0.924. The van der Waals surface area contributed by atoms with Crippen LogP contribution in [0.15, 0.2) is 0 Å². The molecule has 1 amide bonds. The molecule has 2 nitrogen and oxygen atoms in total. The number of amides is 1. The van der Waals surface area contributed by atoms with Crippen molar-refractivity contribution in [3.8, 4) is 0 Å². The third-order valence-electron chi connectivity index (χ3n) is 1.29. The molecule has 0 aromatic carbocycles. The third-order valence-corrected chi connectivity index (χ3v) is 1.29. The largest absolute Gasteiger partial charge is 0.345 e. The van der Waals surface area contributed by atoms with Gasteiger partial charge in [0.25, 0.3) is 0 Å². The van der Waals surface area contributed by atoms with Crippen molar-refractivity contribution in [1.82, 2.24) is 4.90 Å². The number of likely N-dealkylation sites (tertiary alicyclic amines) is 1. The van der Waals surface area contributed by atoms with Gasteiger partial charge < -0.3 is 4.90 Å². The van der Waals surface area contributed by atoms with E-state index in [9.17, 15) is 4.79 Å². The van der Waals surface area contributed by atoms with Crippen LogP contribution in [-0.4, -0.2) is 24.4 Å². The number of nitrogens with zero attached hydrogens (tertiary/aromatic N) is 1. The highest BCUT2D eigenvalue weighted by molar-refractivity contribution is 5.47. The highest BCUT2D eigenvalue weighted by atomic mass is 16.1. The molecule has 0 radical (unpaired) electrons. The van der Waals surface area contributed by atoms with Gasteiger partial charge in [0.1, 0.15) is 0 Å². The molecule has 0 aromatic heterocycles. The lowest BCUT2D eigenvalue weighted by atomic mass is 10.4. The van der Waals surface area contributed by atoms with Crippen LogP contribution < -0.4 is 0 Å². The van der Waals surface area contributed by atoms with Crippen LogP contribution in [-0.2, 0) is 4.79 Å². The lowest BCUT2D eigenvalue weighted by Crippen LogP contribution is -2.15. The van der Waals surface area contributed by atoms with Crippen LogP contribution in [0.1, 0.15) is 54.4 Å². The molecule has 0 bridgehead atoms. The first-order valence-corrected chi connectivity index (χ1v) is 5.63. The van der Waals surface area contributed by atoms with E-state index in [0.29, 0.717) is 0 Å². The molecular formula is C11H27NO.